The first-order valence-corrected chi connectivity index (χ1v) is 7.23. The van der Waals surface area contributed by atoms with Gasteiger partial charge in [-0.25, -0.2) is 9.37 Å². The molecule has 1 aromatic carbocycles. The van der Waals surface area contributed by atoms with Crippen LogP contribution in [-0.4, -0.2) is 52.9 Å². The Morgan fingerprint density at radius 2 is 2.17 bits per heavy atom. The zero-order chi connectivity index (χ0) is 16.7. The van der Waals surface area contributed by atoms with Crippen LogP contribution >= 0.6 is 24.0 Å². The quantitative estimate of drug-likeness (QED) is 0.414. The van der Waals surface area contributed by atoms with Crippen molar-refractivity contribution < 1.29 is 9.13 Å². The zero-order valence-corrected chi connectivity index (χ0v) is 16.3. The molecule has 2 aromatic rings. The van der Waals surface area contributed by atoms with Crippen LogP contribution in [0.5, 0.6) is 5.75 Å². The van der Waals surface area contributed by atoms with Crippen molar-refractivity contribution in [2.24, 2.45) is 12.0 Å². The lowest BCUT2D eigenvalue weighted by molar-refractivity contribution is 0.270. The van der Waals surface area contributed by atoms with Crippen molar-refractivity contribution in [2.75, 3.05) is 27.2 Å². The van der Waals surface area contributed by atoms with Crippen molar-refractivity contribution >= 4 is 29.9 Å². The molecule has 0 amide bonds. The summed E-state index contributed by atoms with van der Waals surface area (Å²) in [5.41, 5.74) is 0. The van der Waals surface area contributed by atoms with Crippen molar-refractivity contribution in [3.8, 4) is 5.75 Å². The van der Waals surface area contributed by atoms with Crippen molar-refractivity contribution in [1.82, 2.24) is 25.0 Å². The molecular weight excluding hydrogens is 426 g/mol. The van der Waals surface area contributed by atoms with Crippen LogP contribution in [0, 0.1) is 5.82 Å². The number of hydrogen-bond donors (Lipinski definition) is 1. The Labute approximate surface area is 157 Å². The van der Waals surface area contributed by atoms with Gasteiger partial charge in [-0.2, -0.15) is 5.10 Å². The van der Waals surface area contributed by atoms with Crippen LogP contribution in [0.2, 0.25) is 0 Å². The number of rotatable bonds is 6. The van der Waals surface area contributed by atoms with Crippen LogP contribution < -0.4 is 10.1 Å². The van der Waals surface area contributed by atoms with Gasteiger partial charge in [0.15, 0.2) is 17.5 Å². The molecule has 0 saturated carbocycles. The Morgan fingerprint density at radius 1 is 1.42 bits per heavy atom. The molecule has 1 N–H and O–H groups in total. The number of halogens is 2. The third-order valence-electron chi connectivity index (χ3n) is 3.30. The number of aromatic nitrogens is 3. The van der Waals surface area contributed by atoms with E-state index in [4.69, 9.17) is 4.74 Å². The van der Waals surface area contributed by atoms with Gasteiger partial charge in [0.1, 0.15) is 18.8 Å². The second kappa shape index (κ2) is 10.1. The molecule has 0 saturated heterocycles. The maximum Gasteiger partial charge on any atom is 0.193 e. The van der Waals surface area contributed by atoms with E-state index in [2.05, 4.69) is 20.4 Å². The first kappa shape index (κ1) is 20.1. The van der Waals surface area contributed by atoms with Crippen LogP contribution in [0.25, 0.3) is 0 Å². The molecule has 2 rings (SSSR count). The summed E-state index contributed by atoms with van der Waals surface area (Å²) in [7, 11) is 5.42. The summed E-state index contributed by atoms with van der Waals surface area (Å²) in [6, 6.07) is 6.35. The van der Waals surface area contributed by atoms with Gasteiger partial charge in [-0.3, -0.25) is 9.67 Å². The van der Waals surface area contributed by atoms with Gasteiger partial charge in [0.2, 0.25) is 0 Å². The van der Waals surface area contributed by atoms with Gasteiger partial charge in [-0.1, -0.05) is 12.1 Å². The van der Waals surface area contributed by atoms with E-state index in [9.17, 15) is 4.39 Å². The Morgan fingerprint density at radius 3 is 2.79 bits per heavy atom. The van der Waals surface area contributed by atoms with E-state index in [1.807, 2.05) is 19.0 Å². The highest BCUT2D eigenvalue weighted by molar-refractivity contribution is 14.0. The third kappa shape index (κ3) is 5.62. The molecule has 0 spiro atoms. The molecule has 0 aliphatic heterocycles. The number of aryl methyl sites for hydroxylation is 1. The van der Waals surface area contributed by atoms with E-state index in [0.29, 0.717) is 25.7 Å². The minimum absolute atomic E-state index is 0. The fraction of sp³-hybridized carbons (Fsp3) is 0.400. The Balaban J connectivity index is 0.00000288. The molecule has 0 bridgehead atoms. The van der Waals surface area contributed by atoms with Gasteiger partial charge in [-0.15, -0.1) is 24.0 Å². The molecule has 7 nitrogen and oxygen atoms in total. The minimum atomic E-state index is -0.361. The summed E-state index contributed by atoms with van der Waals surface area (Å²) in [5, 5.41) is 7.21. The van der Waals surface area contributed by atoms with Gasteiger partial charge >= 0.3 is 0 Å². The molecule has 0 unspecified atom stereocenters. The Kier molecular flexibility index (Phi) is 8.44. The summed E-state index contributed by atoms with van der Waals surface area (Å²) < 4.78 is 20.6. The fourth-order valence-corrected chi connectivity index (χ4v) is 1.98. The number of nitrogens with zero attached hydrogens (tertiary/aromatic N) is 5. The van der Waals surface area contributed by atoms with Crippen LogP contribution in [0.1, 0.15) is 5.82 Å². The van der Waals surface area contributed by atoms with Gasteiger partial charge in [0.05, 0.1) is 13.1 Å². The second-order valence-electron chi connectivity index (χ2n) is 4.90. The van der Waals surface area contributed by atoms with Crippen molar-refractivity contribution in [1.29, 1.82) is 0 Å². The number of nitrogens with one attached hydrogen (secondary N) is 1. The van der Waals surface area contributed by atoms with Crippen LogP contribution in [-0.2, 0) is 13.6 Å². The van der Waals surface area contributed by atoms with Gasteiger partial charge in [0.25, 0.3) is 0 Å². The monoisotopic (exact) mass is 448 g/mol. The molecule has 9 heteroatoms. The first-order chi connectivity index (χ1) is 11.1. The highest BCUT2D eigenvalue weighted by Gasteiger charge is 2.08. The van der Waals surface area contributed by atoms with Crippen molar-refractivity contribution in [2.45, 2.75) is 6.54 Å². The highest BCUT2D eigenvalue weighted by atomic mass is 127. The van der Waals surface area contributed by atoms with Crippen molar-refractivity contribution in [3.05, 3.63) is 42.2 Å². The highest BCUT2D eigenvalue weighted by Crippen LogP contribution is 2.14. The average molecular weight is 448 g/mol. The number of benzene rings is 1. The van der Waals surface area contributed by atoms with E-state index in [1.54, 1.807) is 29.9 Å². The van der Waals surface area contributed by atoms with E-state index in [1.165, 1.54) is 12.4 Å². The molecule has 0 fully saturated rings. The Bertz CT molecular complexity index is 663. The summed E-state index contributed by atoms with van der Waals surface area (Å²) in [5.74, 6) is 1.40. The van der Waals surface area contributed by atoms with Gasteiger partial charge in [0, 0.05) is 21.1 Å². The lowest BCUT2D eigenvalue weighted by Crippen LogP contribution is -2.40. The molecular formula is C15H22FIN6O. The predicted octanol–water partition coefficient (Wildman–Crippen LogP) is 1.66. The molecule has 24 heavy (non-hydrogen) atoms. The van der Waals surface area contributed by atoms with Crippen LogP contribution in [0.3, 0.4) is 0 Å². The summed E-state index contributed by atoms with van der Waals surface area (Å²) in [4.78, 5) is 10.2. The maximum atomic E-state index is 13.5. The van der Waals surface area contributed by atoms with E-state index < -0.39 is 0 Å². The molecule has 0 aliphatic rings. The summed E-state index contributed by atoms with van der Waals surface area (Å²) >= 11 is 0. The van der Waals surface area contributed by atoms with Gasteiger partial charge < -0.3 is 15.0 Å². The van der Waals surface area contributed by atoms with Gasteiger partial charge in [-0.05, 0) is 12.1 Å². The van der Waals surface area contributed by atoms with E-state index in [-0.39, 0.29) is 35.5 Å². The molecule has 1 aromatic heterocycles. The number of guanidine groups is 1. The molecule has 1 heterocycles. The smallest absolute Gasteiger partial charge is 0.193 e. The molecule has 0 aliphatic carbocycles. The maximum absolute atomic E-state index is 13.5. The lowest BCUT2D eigenvalue weighted by Gasteiger charge is -2.22. The number of likely N-dealkylation sites (N-methyl/N-ethyl adjacent to an activating group) is 1. The fourth-order valence-electron chi connectivity index (χ4n) is 1.98. The largest absolute Gasteiger partial charge is 0.489 e. The summed E-state index contributed by atoms with van der Waals surface area (Å²) in [6.45, 7) is 1.43. The first-order valence-electron chi connectivity index (χ1n) is 7.23. The number of aliphatic imine (C=N–C) groups is 1. The average Bonchev–Trinajstić information content (AvgIpc) is 2.95. The third-order valence-corrected chi connectivity index (χ3v) is 3.30. The standard InChI is InChI=1S/C15H21FN6O.HI/c1-17-15(18-10-14-19-11-20-22(14)3)21(2)8-9-23-13-7-5-4-6-12(13)16;/h4-7,11H,8-10H2,1-3H3,(H,17,18);1H. The van der Waals surface area contributed by atoms with Crippen LogP contribution in [0.4, 0.5) is 4.39 Å². The van der Waals surface area contributed by atoms with E-state index >= 15 is 0 Å². The summed E-state index contributed by atoms with van der Waals surface area (Å²) in [6.07, 6.45) is 1.51. The second-order valence-corrected chi connectivity index (χ2v) is 4.90. The zero-order valence-electron chi connectivity index (χ0n) is 13.9. The van der Waals surface area contributed by atoms with E-state index in [0.717, 1.165) is 5.82 Å². The normalized spacial score (nSPS) is 10.9. The number of para-hydroxylation sites is 1. The molecule has 132 valence electrons. The lowest BCUT2D eigenvalue weighted by atomic mass is 10.3. The molecule has 0 atom stereocenters. The van der Waals surface area contributed by atoms with Crippen molar-refractivity contribution in [3.63, 3.8) is 0 Å². The Hall–Kier alpha value is -1.91. The number of ether oxygens (including phenoxy) is 1. The number of hydrogen-bond acceptors (Lipinski definition) is 4. The minimum Gasteiger partial charge on any atom is -0.489 e. The molecule has 0 radical (unpaired) electrons. The van der Waals surface area contributed by atoms with Crippen LogP contribution in [0.15, 0.2) is 35.6 Å². The predicted molar refractivity (Wildman–Crippen MR) is 101 cm³/mol. The SMILES string of the molecule is CN=C(NCc1ncnn1C)N(C)CCOc1ccccc1F.I. The topological polar surface area (TPSA) is 67.6 Å².